The molecule has 1 aliphatic rings. The molecule has 0 spiro atoms. The van der Waals surface area contributed by atoms with Crippen molar-refractivity contribution in [2.24, 2.45) is 0 Å². The van der Waals surface area contributed by atoms with Crippen molar-refractivity contribution in [3.8, 4) is 11.5 Å². The number of hydrogen-bond donors (Lipinski definition) is 1. The fourth-order valence-corrected chi connectivity index (χ4v) is 3.15. The van der Waals surface area contributed by atoms with Crippen LogP contribution in [0.3, 0.4) is 0 Å². The molecule has 4 rings (SSSR count). The van der Waals surface area contributed by atoms with Gasteiger partial charge in [-0.3, -0.25) is 4.98 Å². The molecular weight excluding hydrogens is 314 g/mol. The van der Waals surface area contributed by atoms with E-state index in [0.29, 0.717) is 5.82 Å². The van der Waals surface area contributed by atoms with Crippen LogP contribution in [0.4, 0.5) is 5.82 Å². The number of aromatic nitrogens is 6. The van der Waals surface area contributed by atoms with Crippen LogP contribution in [0, 0.1) is 0 Å². The van der Waals surface area contributed by atoms with Gasteiger partial charge in [-0.15, -0.1) is 10.2 Å². The van der Waals surface area contributed by atoms with E-state index in [1.54, 1.807) is 18.9 Å². The topological polar surface area (TPSA) is 81.4 Å². The zero-order valence-electron chi connectivity index (χ0n) is 14.1. The van der Waals surface area contributed by atoms with E-state index in [0.717, 1.165) is 56.7 Å². The lowest BCUT2D eigenvalue weighted by Crippen LogP contribution is -2.09. The number of anilines is 1. The van der Waals surface area contributed by atoms with Crippen molar-refractivity contribution in [3.05, 3.63) is 48.3 Å². The maximum absolute atomic E-state index is 4.75. The van der Waals surface area contributed by atoms with Gasteiger partial charge in [-0.1, -0.05) is 6.07 Å². The van der Waals surface area contributed by atoms with Gasteiger partial charge in [0.05, 0.1) is 0 Å². The second-order valence-corrected chi connectivity index (χ2v) is 6.22. The Bertz CT molecular complexity index is 815. The third kappa shape index (κ3) is 3.65. The molecule has 7 nitrogen and oxygen atoms in total. The van der Waals surface area contributed by atoms with Crippen LogP contribution < -0.4 is 5.32 Å². The maximum atomic E-state index is 4.75. The van der Waals surface area contributed by atoms with Gasteiger partial charge in [-0.2, -0.15) is 0 Å². The summed E-state index contributed by atoms with van der Waals surface area (Å²) in [6.07, 6.45) is 10.7. The first-order chi connectivity index (χ1) is 12.4. The van der Waals surface area contributed by atoms with Gasteiger partial charge in [0, 0.05) is 30.5 Å². The number of hydrogen-bond acceptors (Lipinski definition) is 6. The number of aryl methyl sites for hydroxylation is 2. The summed E-state index contributed by atoms with van der Waals surface area (Å²) in [6, 6.07) is 5.84. The zero-order chi connectivity index (χ0) is 16.9. The first-order valence-corrected chi connectivity index (χ1v) is 8.77. The van der Waals surface area contributed by atoms with Crippen molar-refractivity contribution in [2.75, 3.05) is 11.9 Å². The molecule has 3 aromatic rings. The summed E-state index contributed by atoms with van der Waals surface area (Å²) in [4.78, 5) is 13.9. The molecule has 0 saturated carbocycles. The molecule has 3 aromatic heterocycles. The van der Waals surface area contributed by atoms with Gasteiger partial charge in [0.15, 0.2) is 5.82 Å². The van der Waals surface area contributed by atoms with Crippen LogP contribution in [0.1, 0.15) is 30.5 Å². The second kappa shape index (κ2) is 7.38. The first kappa shape index (κ1) is 15.7. The summed E-state index contributed by atoms with van der Waals surface area (Å²) in [5, 5.41) is 11.2. The van der Waals surface area contributed by atoms with Crippen LogP contribution in [-0.4, -0.2) is 36.3 Å². The lowest BCUT2D eigenvalue weighted by atomic mass is 10.2. The smallest absolute Gasteiger partial charge is 0.180 e. The van der Waals surface area contributed by atoms with Gasteiger partial charge >= 0.3 is 0 Å². The average Bonchev–Trinajstić information content (AvgIpc) is 3.33. The molecular formula is C18H21N7. The number of fused-ring (bicyclic) bond motifs is 1. The first-order valence-electron chi connectivity index (χ1n) is 8.77. The molecule has 25 heavy (non-hydrogen) atoms. The molecule has 3 heterocycles. The highest BCUT2D eigenvalue weighted by Gasteiger charge is 2.20. The summed E-state index contributed by atoms with van der Waals surface area (Å²) in [5.74, 6) is 1.70. The van der Waals surface area contributed by atoms with E-state index in [2.05, 4.69) is 20.5 Å². The molecule has 0 radical (unpaired) electrons. The van der Waals surface area contributed by atoms with Crippen LogP contribution in [0.15, 0.2) is 37.1 Å². The van der Waals surface area contributed by atoms with Gasteiger partial charge in [-0.25, -0.2) is 9.97 Å². The van der Waals surface area contributed by atoms with Crippen molar-refractivity contribution in [1.29, 1.82) is 0 Å². The van der Waals surface area contributed by atoms with Gasteiger partial charge < -0.3 is 9.88 Å². The van der Waals surface area contributed by atoms with E-state index in [9.17, 15) is 0 Å². The number of nitrogens with one attached hydrogen (secondary N) is 1. The Morgan fingerprint density at radius 2 is 1.96 bits per heavy atom. The fourth-order valence-electron chi connectivity index (χ4n) is 3.15. The molecule has 1 N–H and O–H groups in total. The Labute approximate surface area is 146 Å². The Morgan fingerprint density at radius 1 is 1.04 bits per heavy atom. The molecule has 0 saturated heterocycles. The van der Waals surface area contributed by atoms with E-state index in [1.807, 2.05) is 22.8 Å². The number of nitrogens with zero attached hydrogens (tertiary/aromatic N) is 6. The van der Waals surface area contributed by atoms with E-state index < -0.39 is 0 Å². The van der Waals surface area contributed by atoms with Crippen LogP contribution in [0.5, 0.6) is 0 Å². The molecule has 0 atom stereocenters. The number of pyridine rings is 1. The zero-order valence-corrected chi connectivity index (χ0v) is 14.1. The van der Waals surface area contributed by atoms with E-state index in [-0.39, 0.29) is 0 Å². The summed E-state index contributed by atoms with van der Waals surface area (Å²) in [6.45, 7) is 1.84. The van der Waals surface area contributed by atoms with Gasteiger partial charge in [0.25, 0.3) is 0 Å². The fraction of sp³-hybridized carbons (Fsp3) is 0.389. The molecule has 0 amide bonds. The monoisotopic (exact) mass is 335 g/mol. The SMILES string of the molecule is c1ccc(-c2nc3c(c(NCCCCn4cnnc4)n2)CCC3)nc1. The largest absolute Gasteiger partial charge is 0.370 e. The number of unbranched alkanes of at least 4 members (excludes halogenated alkanes) is 1. The Morgan fingerprint density at radius 3 is 2.80 bits per heavy atom. The normalized spacial score (nSPS) is 13.0. The van der Waals surface area contributed by atoms with Gasteiger partial charge in [0.1, 0.15) is 24.2 Å². The van der Waals surface area contributed by atoms with Gasteiger partial charge in [-0.05, 0) is 44.2 Å². The molecule has 0 fully saturated rings. The van der Waals surface area contributed by atoms with Crippen molar-refractivity contribution in [1.82, 2.24) is 29.7 Å². The molecule has 128 valence electrons. The van der Waals surface area contributed by atoms with Crippen molar-refractivity contribution in [2.45, 2.75) is 38.6 Å². The second-order valence-electron chi connectivity index (χ2n) is 6.22. The summed E-state index contributed by atoms with van der Waals surface area (Å²) in [7, 11) is 0. The predicted molar refractivity (Wildman–Crippen MR) is 95.0 cm³/mol. The van der Waals surface area contributed by atoms with Crippen molar-refractivity contribution in [3.63, 3.8) is 0 Å². The number of rotatable bonds is 7. The predicted octanol–water partition coefficient (Wildman–Crippen LogP) is 2.51. The lowest BCUT2D eigenvalue weighted by molar-refractivity contribution is 0.619. The minimum atomic E-state index is 0.716. The highest BCUT2D eigenvalue weighted by atomic mass is 15.2. The standard InChI is InChI=1S/C18H21N7/c1-2-9-19-16(7-1)18-23-15-8-5-6-14(15)17(24-18)20-10-3-4-11-25-12-21-22-13-25/h1-2,7,9,12-13H,3-6,8,10-11H2,(H,20,23,24). The Balaban J connectivity index is 1.42. The van der Waals surface area contributed by atoms with Gasteiger partial charge in [0.2, 0.25) is 0 Å². The van der Waals surface area contributed by atoms with E-state index in [1.165, 1.54) is 11.3 Å². The third-order valence-corrected chi connectivity index (χ3v) is 4.43. The Hall–Kier alpha value is -2.83. The van der Waals surface area contributed by atoms with Crippen molar-refractivity contribution < 1.29 is 0 Å². The Kier molecular flexibility index (Phi) is 4.63. The van der Waals surface area contributed by atoms with E-state index >= 15 is 0 Å². The van der Waals surface area contributed by atoms with Crippen LogP contribution in [-0.2, 0) is 19.4 Å². The highest BCUT2D eigenvalue weighted by Crippen LogP contribution is 2.28. The van der Waals surface area contributed by atoms with Crippen LogP contribution in [0.2, 0.25) is 0 Å². The third-order valence-electron chi connectivity index (χ3n) is 4.43. The van der Waals surface area contributed by atoms with E-state index in [4.69, 9.17) is 9.97 Å². The summed E-state index contributed by atoms with van der Waals surface area (Å²) >= 11 is 0. The summed E-state index contributed by atoms with van der Waals surface area (Å²) in [5.41, 5.74) is 3.27. The van der Waals surface area contributed by atoms with Crippen LogP contribution in [0.25, 0.3) is 11.5 Å². The molecule has 0 unspecified atom stereocenters. The highest BCUT2D eigenvalue weighted by molar-refractivity contribution is 5.57. The molecule has 0 aliphatic heterocycles. The lowest BCUT2D eigenvalue weighted by Gasteiger charge is -2.12. The molecule has 7 heteroatoms. The molecule has 0 aromatic carbocycles. The van der Waals surface area contributed by atoms with Crippen LogP contribution >= 0.6 is 0 Å². The minimum Gasteiger partial charge on any atom is -0.370 e. The van der Waals surface area contributed by atoms with Crippen molar-refractivity contribution >= 4 is 5.82 Å². The summed E-state index contributed by atoms with van der Waals surface area (Å²) < 4.78 is 2.00. The molecule has 0 bridgehead atoms. The average molecular weight is 335 g/mol. The molecule has 1 aliphatic carbocycles. The quantitative estimate of drug-likeness (QED) is 0.668. The minimum absolute atomic E-state index is 0.716. The maximum Gasteiger partial charge on any atom is 0.180 e.